The smallest absolute Gasteiger partial charge is 0.274 e. The molecular weight excluding hydrogens is 159 g/mol. The van der Waals surface area contributed by atoms with Crippen molar-refractivity contribution in [2.45, 2.75) is 6.36 Å². The topological polar surface area (TPSA) is 47.6 Å². The third kappa shape index (κ3) is 1.11. The second-order valence-corrected chi connectivity index (χ2v) is 2.47. The molecule has 1 atom stereocenters. The van der Waals surface area contributed by atoms with E-state index in [9.17, 15) is 4.39 Å². The van der Waals surface area contributed by atoms with Crippen LogP contribution in [0.3, 0.4) is 0 Å². The zero-order chi connectivity index (χ0) is 8.55. The molecule has 0 bridgehead atoms. The van der Waals surface area contributed by atoms with Crippen molar-refractivity contribution in [1.29, 1.82) is 0 Å². The molecule has 12 heavy (non-hydrogen) atoms. The molecule has 2 rings (SSSR count). The van der Waals surface area contributed by atoms with Crippen LogP contribution in [-0.2, 0) is 0 Å². The molecule has 0 radical (unpaired) electrons. The fourth-order valence-electron chi connectivity index (χ4n) is 1.03. The molecule has 0 aromatic heterocycles. The minimum absolute atomic E-state index is 0.430. The fourth-order valence-corrected chi connectivity index (χ4v) is 1.03. The van der Waals surface area contributed by atoms with Gasteiger partial charge in [-0.3, -0.25) is 4.99 Å². The zero-order valence-electron chi connectivity index (χ0n) is 6.20. The molecule has 4 heteroatoms. The van der Waals surface area contributed by atoms with Crippen molar-refractivity contribution < 1.29 is 9.13 Å². The molecule has 0 fully saturated rings. The molecule has 0 saturated carbocycles. The third-order valence-electron chi connectivity index (χ3n) is 1.55. The standard InChI is InChI=1S/C8H7FN2O/c9-8-4-11-6-3-5(10)1-2-7(6)12-8/h1-4,8H,10H2. The van der Waals surface area contributed by atoms with E-state index in [1.54, 1.807) is 18.2 Å². The van der Waals surface area contributed by atoms with Crippen molar-refractivity contribution in [2.75, 3.05) is 5.73 Å². The van der Waals surface area contributed by atoms with Crippen molar-refractivity contribution in [3.05, 3.63) is 18.2 Å². The van der Waals surface area contributed by atoms with E-state index in [2.05, 4.69) is 4.99 Å². The second-order valence-electron chi connectivity index (χ2n) is 2.47. The Balaban J connectivity index is 2.47. The summed E-state index contributed by atoms with van der Waals surface area (Å²) in [5.41, 5.74) is 6.66. The lowest BCUT2D eigenvalue weighted by molar-refractivity contribution is 0.134. The maximum atomic E-state index is 12.6. The molecular formula is C8H7FN2O. The van der Waals surface area contributed by atoms with Crippen molar-refractivity contribution in [1.82, 2.24) is 0 Å². The second kappa shape index (κ2) is 2.48. The first kappa shape index (κ1) is 7.09. The van der Waals surface area contributed by atoms with Crippen molar-refractivity contribution in [3.63, 3.8) is 0 Å². The molecule has 1 aliphatic heterocycles. The Morgan fingerprint density at radius 3 is 3.17 bits per heavy atom. The Kier molecular flexibility index (Phi) is 1.46. The van der Waals surface area contributed by atoms with Gasteiger partial charge in [0, 0.05) is 5.69 Å². The van der Waals surface area contributed by atoms with E-state index in [0.29, 0.717) is 17.1 Å². The lowest BCUT2D eigenvalue weighted by Crippen LogP contribution is -2.14. The number of halogens is 1. The molecule has 0 amide bonds. The van der Waals surface area contributed by atoms with E-state index in [1.807, 2.05) is 0 Å². The maximum Gasteiger partial charge on any atom is 0.274 e. The molecule has 1 unspecified atom stereocenters. The minimum atomic E-state index is -1.44. The molecule has 1 aromatic rings. The lowest BCUT2D eigenvalue weighted by atomic mass is 10.2. The number of ether oxygens (including phenoxy) is 1. The monoisotopic (exact) mass is 166 g/mol. The molecule has 1 heterocycles. The number of nitrogens with zero attached hydrogens (tertiary/aromatic N) is 1. The Bertz CT molecular complexity index is 338. The fraction of sp³-hybridized carbons (Fsp3) is 0.125. The summed E-state index contributed by atoms with van der Waals surface area (Å²) >= 11 is 0. The summed E-state index contributed by atoms with van der Waals surface area (Å²) in [5.74, 6) is 0.430. The van der Waals surface area contributed by atoms with Crippen LogP contribution in [0, 0.1) is 0 Å². The first-order chi connectivity index (χ1) is 5.75. The first-order valence-electron chi connectivity index (χ1n) is 3.50. The van der Waals surface area contributed by atoms with Gasteiger partial charge in [0.15, 0.2) is 0 Å². The van der Waals surface area contributed by atoms with Gasteiger partial charge in [-0.05, 0) is 18.2 Å². The molecule has 0 aliphatic carbocycles. The minimum Gasteiger partial charge on any atom is -0.453 e. The van der Waals surface area contributed by atoms with Gasteiger partial charge in [-0.25, -0.2) is 0 Å². The largest absolute Gasteiger partial charge is 0.453 e. The highest BCUT2D eigenvalue weighted by atomic mass is 19.1. The van der Waals surface area contributed by atoms with Crippen LogP contribution < -0.4 is 10.5 Å². The molecule has 0 saturated heterocycles. The van der Waals surface area contributed by atoms with E-state index in [-0.39, 0.29) is 0 Å². The van der Waals surface area contributed by atoms with Gasteiger partial charge < -0.3 is 10.5 Å². The Hall–Kier alpha value is -1.58. The van der Waals surface area contributed by atoms with Crippen LogP contribution in [0.2, 0.25) is 0 Å². The van der Waals surface area contributed by atoms with Crippen molar-refractivity contribution >= 4 is 17.6 Å². The van der Waals surface area contributed by atoms with Gasteiger partial charge >= 0.3 is 0 Å². The summed E-state index contributed by atoms with van der Waals surface area (Å²) in [6.07, 6.45) is -0.344. The van der Waals surface area contributed by atoms with Gasteiger partial charge in [0.05, 0.1) is 6.21 Å². The van der Waals surface area contributed by atoms with Crippen molar-refractivity contribution in [3.8, 4) is 5.75 Å². The average molecular weight is 166 g/mol. The number of nitrogens with two attached hydrogens (primary N) is 1. The molecule has 0 spiro atoms. The lowest BCUT2D eigenvalue weighted by Gasteiger charge is -2.14. The zero-order valence-corrected chi connectivity index (χ0v) is 6.20. The maximum absolute atomic E-state index is 12.6. The molecule has 1 aliphatic rings. The van der Waals surface area contributed by atoms with Crippen LogP contribution >= 0.6 is 0 Å². The van der Waals surface area contributed by atoms with Crippen LogP contribution in [0.15, 0.2) is 23.2 Å². The summed E-state index contributed by atoms with van der Waals surface area (Å²) in [6.45, 7) is 0. The van der Waals surface area contributed by atoms with Crippen LogP contribution in [0.1, 0.15) is 0 Å². The highest BCUT2D eigenvalue weighted by molar-refractivity contribution is 5.74. The Morgan fingerprint density at radius 2 is 2.33 bits per heavy atom. The highest BCUT2D eigenvalue weighted by Crippen LogP contribution is 2.32. The summed E-state index contributed by atoms with van der Waals surface area (Å²) in [4.78, 5) is 3.83. The number of rotatable bonds is 0. The Labute approximate surface area is 68.7 Å². The molecule has 1 aromatic carbocycles. The van der Waals surface area contributed by atoms with E-state index >= 15 is 0 Å². The summed E-state index contributed by atoms with van der Waals surface area (Å²) in [6, 6.07) is 4.89. The third-order valence-corrected chi connectivity index (χ3v) is 1.55. The van der Waals surface area contributed by atoms with Crippen LogP contribution in [0.5, 0.6) is 5.75 Å². The van der Waals surface area contributed by atoms with Gasteiger partial charge in [0.1, 0.15) is 11.4 Å². The van der Waals surface area contributed by atoms with Gasteiger partial charge in [-0.15, -0.1) is 0 Å². The van der Waals surface area contributed by atoms with E-state index < -0.39 is 6.36 Å². The van der Waals surface area contributed by atoms with Gasteiger partial charge in [-0.1, -0.05) is 0 Å². The predicted molar refractivity (Wildman–Crippen MR) is 44.5 cm³/mol. The molecule has 62 valence electrons. The number of fused-ring (bicyclic) bond motifs is 1. The van der Waals surface area contributed by atoms with Crippen LogP contribution in [0.4, 0.5) is 15.8 Å². The summed E-state index contributed by atoms with van der Waals surface area (Å²) < 4.78 is 17.4. The Morgan fingerprint density at radius 1 is 1.50 bits per heavy atom. The highest BCUT2D eigenvalue weighted by Gasteiger charge is 2.13. The molecule has 2 N–H and O–H groups in total. The first-order valence-corrected chi connectivity index (χ1v) is 3.50. The number of hydrogen-bond acceptors (Lipinski definition) is 3. The number of aliphatic imine (C=N–C) groups is 1. The number of benzene rings is 1. The van der Waals surface area contributed by atoms with Gasteiger partial charge in [0.25, 0.3) is 6.36 Å². The number of hydrogen-bond donors (Lipinski definition) is 1. The van der Waals surface area contributed by atoms with Crippen molar-refractivity contribution in [2.24, 2.45) is 4.99 Å². The van der Waals surface area contributed by atoms with Gasteiger partial charge in [-0.2, -0.15) is 4.39 Å². The van der Waals surface area contributed by atoms with E-state index in [4.69, 9.17) is 10.5 Å². The number of anilines is 1. The quantitative estimate of drug-likeness (QED) is 0.596. The summed E-state index contributed by atoms with van der Waals surface area (Å²) in [7, 11) is 0. The van der Waals surface area contributed by atoms with Gasteiger partial charge in [0.2, 0.25) is 0 Å². The van der Waals surface area contributed by atoms with Crippen LogP contribution in [0.25, 0.3) is 0 Å². The van der Waals surface area contributed by atoms with E-state index in [1.165, 1.54) is 0 Å². The average Bonchev–Trinajstić information content (AvgIpc) is 2.05. The van der Waals surface area contributed by atoms with E-state index in [0.717, 1.165) is 6.21 Å². The normalized spacial score (nSPS) is 19.9. The predicted octanol–water partition coefficient (Wildman–Crippen LogP) is 1.66. The number of nitrogen functional groups attached to an aromatic ring is 1. The van der Waals surface area contributed by atoms with Crippen LogP contribution in [-0.4, -0.2) is 12.6 Å². The molecule has 3 nitrogen and oxygen atoms in total. The summed E-state index contributed by atoms with van der Waals surface area (Å²) in [5, 5.41) is 0. The SMILES string of the molecule is Nc1ccc2c(c1)N=CC(F)O2. The number of alkyl halides is 1.